The molecule has 1 aliphatic rings. The van der Waals surface area contributed by atoms with Gasteiger partial charge in [-0.05, 0) is 24.3 Å². The van der Waals surface area contributed by atoms with Crippen molar-refractivity contribution in [2.45, 2.75) is 13.1 Å². The molecule has 0 N–H and O–H groups in total. The number of hydrogen-bond acceptors (Lipinski definition) is 6. The van der Waals surface area contributed by atoms with E-state index in [9.17, 15) is 0 Å². The molecule has 0 aliphatic carbocycles. The van der Waals surface area contributed by atoms with Crippen molar-refractivity contribution in [1.29, 1.82) is 0 Å². The Hall–Kier alpha value is -2.99. The van der Waals surface area contributed by atoms with Gasteiger partial charge in [0.15, 0.2) is 11.5 Å². The van der Waals surface area contributed by atoms with Crippen LogP contribution < -0.4 is 14.2 Å². The fourth-order valence-electron chi connectivity index (χ4n) is 3.30. The number of hydrogen-bond donors (Lipinski definition) is 0. The molecule has 3 aromatic rings. The Balaban J connectivity index is 1.69. The fourth-order valence-corrected chi connectivity index (χ4v) is 3.30. The quantitative estimate of drug-likeness (QED) is 0.685. The van der Waals surface area contributed by atoms with Gasteiger partial charge in [-0.2, -0.15) is 0 Å². The smallest absolute Gasteiger partial charge is 0.213 e. The van der Waals surface area contributed by atoms with Crippen molar-refractivity contribution in [3.63, 3.8) is 0 Å². The highest BCUT2D eigenvalue weighted by atomic mass is 16.5. The van der Waals surface area contributed by atoms with Gasteiger partial charge in [-0.3, -0.25) is 4.90 Å². The molecule has 27 heavy (non-hydrogen) atoms. The summed E-state index contributed by atoms with van der Waals surface area (Å²) in [5.41, 5.74) is 4.03. The van der Waals surface area contributed by atoms with E-state index < -0.39 is 0 Å². The molecule has 140 valence electrons. The third-order valence-electron chi connectivity index (χ3n) is 4.61. The van der Waals surface area contributed by atoms with Crippen molar-refractivity contribution in [2.75, 3.05) is 27.4 Å². The molecule has 0 radical (unpaired) electrons. The van der Waals surface area contributed by atoms with E-state index in [-0.39, 0.29) is 0 Å². The van der Waals surface area contributed by atoms with E-state index in [0.717, 1.165) is 53.5 Å². The summed E-state index contributed by atoms with van der Waals surface area (Å²) in [5, 5.41) is 0. The van der Waals surface area contributed by atoms with Crippen LogP contribution in [-0.4, -0.2) is 37.3 Å². The molecule has 0 fully saturated rings. The van der Waals surface area contributed by atoms with Crippen LogP contribution in [0.1, 0.15) is 11.1 Å². The summed E-state index contributed by atoms with van der Waals surface area (Å²) < 4.78 is 22.1. The van der Waals surface area contributed by atoms with Crippen LogP contribution in [0.25, 0.3) is 11.3 Å². The molecule has 6 nitrogen and oxygen atoms in total. The molecule has 1 aliphatic heterocycles. The van der Waals surface area contributed by atoms with Crippen LogP contribution in [0.2, 0.25) is 0 Å². The molecular weight excluding hydrogens is 344 g/mol. The molecule has 6 heteroatoms. The summed E-state index contributed by atoms with van der Waals surface area (Å²) in [6, 6.07) is 11.8. The van der Waals surface area contributed by atoms with E-state index in [0.29, 0.717) is 12.5 Å². The minimum absolute atomic E-state index is 0.583. The van der Waals surface area contributed by atoms with E-state index in [2.05, 4.69) is 16.0 Å². The standard InChI is InChI=1S/C21H22N2O4/c1-24-19-11-16(18-4-3-5-20(22-18)25-2)10-17-13-23(7-9-27-21(17)19)12-15-6-8-26-14-15/h3-6,8,10-11,14H,7,9,12-13H2,1-2H3. The minimum atomic E-state index is 0.583. The second kappa shape index (κ2) is 7.72. The lowest BCUT2D eigenvalue weighted by atomic mass is 10.0. The Bertz CT molecular complexity index is 909. The van der Waals surface area contributed by atoms with Crippen LogP contribution in [0.15, 0.2) is 53.3 Å². The van der Waals surface area contributed by atoms with Gasteiger partial charge in [-0.25, -0.2) is 4.98 Å². The maximum absolute atomic E-state index is 6.02. The van der Waals surface area contributed by atoms with Gasteiger partial charge >= 0.3 is 0 Å². The molecular formula is C21H22N2O4. The number of aromatic nitrogens is 1. The van der Waals surface area contributed by atoms with Gasteiger partial charge in [0.2, 0.25) is 5.88 Å². The Morgan fingerprint density at radius 2 is 2.07 bits per heavy atom. The second-order valence-electron chi connectivity index (χ2n) is 6.42. The summed E-state index contributed by atoms with van der Waals surface area (Å²) in [7, 11) is 3.28. The Morgan fingerprint density at radius 1 is 1.15 bits per heavy atom. The van der Waals surface area contributed by atoms with Gasteiger partial charge in [0.1, 0.15) is 6.61 Å². The normalized spacial score (nSPS) is 14.1. The van der Waals surface area contributed by atoms with Gasteiger partial charge in [-0.1, -0.05) is 6.07 Å². The number of furan rings is 1. The number of nitrogens with zero attached hydrogens (tertiary/aromatic N) is 2. The van der Waals surface area contributed by atoms with Gasteiger partial charge in [0, 0.05) is 42.4 Å². The molecule has 0 amide bonds. The van der Waals surface area contributed by atoms with Crippen molar-refractivity contribution < 1.29 is 18.6 Å². The Morgan fingerprint density at radius 3 is 2.85 bits per heavy atom. The molecule has 0 saturated heterocycles. The zero-order valence-corrected chi connectivity index (χ0v) is 15.5. The SMILES string of the molecule is COc1cccc(-c2cc3c(c(OC)c2)OCCN(Cc2ccoc2)C3)n1. The van der Waals surface area contributed by atoms with Crippen LogP contribution in [-0.2, 0) is 13.1 Å². The summed E-state index contributed by atoms with van der Waals surface area (Å²) in [4.78, 5) is 6.88. The fraction of sp³-hybridized carbons (Fsp3) is 0.286. The van der Waals surface area contributed by atoms with Crippen LogP contribution in [0.5, 0.6) is 17.4 Å². The zero-order chi connectivity index (χ0) is 18.6. The van der Waals surface area contributed by atoms with Crippen molar-refractivity contribution in [3.8, 4) is 28.6 Å². The molecule has 1 aromatic carbocycles. The van der Waals surface area contributed by atoms with Gasteiger partial charge in [0.25, 0.3) is 0 Å². The van der Waals surface area contributed by atoms with Crippen molar-refractivity contribution in [3.05, 3.63) is 60.1 Å². The van der Waals surface area contributed by atoms with Gasteiger partial charge < -0.3 is 18.6 Å². The molecule has 0 spiro atoms. The first-order valence-corrected chi connectivity index (χ1v) is 8.85. The van der Waals surface area contributed by atoms with Crippen molar-refractivity contribution >= 4 is 0 Å². The number of benzene rings is 1. The Labute approximate surface area is 158 Å². The van der Waals surface area contributed by atoms with Crippen LogP contribution in [0, 0.1) is 0 Å². The summed E-state index contributed by atoms with van der Waals surface area (Å²) in [6.45, 7) is 3.01. The molecule has 2 aromatic heterocycles. The topological polar surface area (TPSA) is 57.0 Å². The molecule has 4 rings (SSSR count). The number of ether oxygens (including phenoxy) is 3. The molecule has 3 heterocycles. The summed E-state index contributed by atoms with van der Waals surface area (Å²) in [5.74, 6) is 2.11. The van der Waals surface area contributed by atoms with Crippen molar-refractivity contribution in [1.82, 2.24) is 9.88 Å². The van der Waals surface area contributed by atoms with Crippen molar-refractivity contribution in [2.24, 2.45) is 0 Å². The minimum Gasteiger partial charge on any atom is -0.493 e. The van der Waals surface area contributed by atoms with Crippen LogP contribution in [0.3, 0.4) is 0 Å². The first kappa shape index (κ1) is 17.4. The van der Waals surface area contributed by atoms with E-state index in [1.54, 1.807) is 26.7 Å². The average Bonchev–Trinajstić information content (AvgIpc) is 3.12. The van der Waals surface area contributed by atoms with E-state index >= 15 is 0 Å². The largest absolute Gasteiger partial charge is 0.493 e. The third kappa shape index (κ3) is 3.75. The van der Waals surface area contributed by atoms with E-state index in [1.807, 2.05) is 30.3 Å². The van der Waals surface area contributed by atoms with E-state index in [4.69, 9.17) is 18.6 Å². The zero-order valence-electron chi connectivity index (χ0n) is 15.5. The molecule has 0 unspecified atom stereocenters. The lowest BCUT2D eigenvalue weighted by molar-refractivity contribution is 0.216. The lowest BCUT2D eigenvalue weighted by Crippen LogP contribution is -2.25. The second-order valence-corrected chi connectivity index (χ2v) is 6.42. The number of fused-ring (bicyclic) bond motifs is 1. The maximum atomic E-state index is 6.02. The monoisotopic (exact) mass is 366 g/mol. The highest BCUT2D eigenvalue weighted by Crippen LogP contribution is 2.38. The summed E-state index contributed by atoms with van der Waals surface area (Å²) in [6.07, 6.45) is 3.48. The maximum Gasteiger partial charge on any atom is 0.213 e. The highest BCUT2D eigenvalue weighted by Gasteiger charge is 2.21. The van der Waals surface area contributed by atoms with E-state index in [1.165, 1.54) is 0 Å². The van der Waals surface area contributed by atoms with Gasteiger partial charge in [0.05, 0.1) is 32.4 Å². The molecule has 0 saturated carbocycles. The lowest BCUT2D eigenvalue weighted by Gasteiger charge is -2.19. The Kier molecular flexibility index (Phi) is 4.98. The number of methoxy groups -OCH3 is 2. The molecule has 0 bridgehead atoms. The third-order valence-corrected chi connectivity index (χ3v) is 4.61. The molecule has 0 atom stereocenters. The average molecular weight is 366 g/mol. The van der Waals surface area contributed by atoms with Crippen LogP contribution >= 0.6 is 0 Å². The predicted octanol–water partition coefficient (Wildman–Crippen LogP) is 3.75. The first-order valence-electron chi connectivity index (χ1n) is 8.85. The van der Waals surface area contributed by atoms with Crippen LogP contribution in [0.4, 0.5) is 0 Å². The first-order chi connectivity index (χ1) is 13.3. The predicted molar refractivity (Wildman–Crippen MR) is 101 cm³/mol. The summed E-state index contributed by atoms with van der Waals surface area (Å²) >= 11 is 0. The van der Waals surface area contributed by atoms with Gasteiger partial charge in [-0.15, -0.1) is 0 Å². The highest BCUT2D eigenvalue weighted by molar-refractivity contribution is 5.67. The number of pyridine rings is 1. The number of rotatable bonds is 5.